The summed E-state index contributed by atoms with van der Waals surface area (Å²) in [5.74, 6) is 0.150. The Bertz CT molecular complexity index is 215. The molecule has 1 fully saturated rings. The Kier molecular flexibility index (Phi) is 5.13. The summed E-state index contributed by atoms with van der Waals surface area (Å²) in [7, 11) is -3.01. The molecule has 0 saturated heterocycles. The molecule has 0 aromatic carbocycles. The van der Waals surface area contributed by atoms with Crippen molar-refractivity contribution in [2.75, 3.05) is 18.9 Å². The van der Waals surface area contributed by atoms with Crippen LogP contribution in [0, 0.1) is 5.92 Å². The lowest BCUT2D eigenvalue weighted by atomic mass is 9.91. The van der Waals surface area contributed by atoms with E-state index in [1.54, 1.807) is 0 Å². The Morgan fingerprint density at radius 2 is 1.87 bits per heavy atom. The second kappa shape index (κ2) is 5.90. The van der Waals surface area contributed by atoms with Crippen LogP contribution in [0.5, 0.6) is 0 Å². The molecule has 0 unspecified atom stereocenters. The van der Waals surface area contributed by atoms with E-state index in [2.05, 4.69) is 0 Å². The molecule has 4 nitrogen and oxygen atoms in total. The van der Waals surface area contributed by atoms with Crippen molar-refractivity contribution in [2.45, 2.75) is 32.1 Å². The van der Waals surface area contributed by atoms with Crippen molar-refractivity contribution in [3.05, 3.63) is 0 Å². The van der Waals surface area contributed by atoms with Gasteiger partial charge in [0.25, 0.3) is 7.72 Å². The van der Waals surface area contributed by atoms with Gasteiger partial charge in [0.05, 0.1) is 6.54 Å². The standard InChI is InChI=1S/C10H21NO3P/c11-6-10(12)8-15(13,14)7-9-4-2-1-3-5-9/h9,13-14H,1-8,11H2/q+1. The highest BCUT2D eigenvalue weighted by Gasteiger charge is 2.38. The van der Waals surface area contributed by atoms with Crippen LogP contribution in [0.4, 0.5) is 0 Å². The first-order valence-electron chi connectivity index (χ1n) is 5.58. The molecule has 1 aliphatic carbocycles. The molecule has 1 rings (SSSR count). The van der Waals surface area contributed by atoms with Crippen LogP contribution >= 0.6 is 7.72 Å². The van der Waals surface area contributed by atoms with Gasteiger partial charge in [0.2, 0.25) is 0 Å². The average molecular weight is 234 g/mol. The minimum atomic E-state index is -3.01. The molecule has 0 aromatic heterocycles. The van der Waals surface area contributed by atoms with Gasteiger partial charge in [-0.15, -0.1) is 0 Å². The molecule has 4 N–H and O–H groups in total. The summed E-state index contributed by atoms with van der Waals surface area (Å²) in [6.07, 6.45) is 6.03. The van der Waals surface area contributed by atoms with Gasteiger partial charge >= 0.3 is 0 Å². The van der Waals surface area contributed by atoms with Crippen molar-refractivity contribution in [3.8, 4) is 0 Å². The zero-order valence-electron chi connectivity index (χ0n) is 9.06. The lowest BCUT2D eigenvalue weighted by Gasteiger charge is -2.23. The molecular weight excluding hydrogens is 213 g/mol. The molecule has 0 radical (unpaired) electrons. The maximum atomic E-state index is 11.1. The predicted octanol–water partition coefficient (Wildman–Crippen LogP) is 0.927. The Balaban J connectivity index is 2.36. The Labute approximate surface area is 91.4 Å². The molecule has 0 atom stereocenters. The highest BCUT2D eigenvalue weighted by molar-refractivity contribution is 7.65. The van der Waals surface area contributed by atoms with Crippen LogP contribution in [0.15, 0.2) is 0 Å². The van der Waals surface area contributed by atoms with Crippen molar-refractivity contribution in [1.82, 2.24) is 0 Å². The van der Waals surface area contributed by atoms with E-state index in [9.17, 15) is 14.6 Å². The topological polar surface area (TPSA) is 83.6 Å². The SMILES string of the molecule is NCC(=O)C[P+](O)(O)CC1CCCCC1. The molecular formula is C10H21NO3P+. The average Bonchev–Trinajstić information content (AvgIpc) is 2.17. The van der Waals surface area contributed by atoms with Gasteiger partial charge in [-0.1, -0.05) is 19.3 Å². The maximum absolute atomic E-state index is 11.1. The zero-order valence-corrected chi connectivity index (χ0v) is 9.96. The van der Waals surface area contributed by atoms with Gasteiger partial charge in [-0.25, -0.2) is 9.79 Å². The summed E-state index contributed by atoms with van der Waals surface area (Å²) in [6.45, 7) is -0.0897. The fraction of sp³-hybridized carbons (Fsp3) is 0.900. The first-order chi connectivity index (χ1) is 7.03. The number of Topliss-reactive ketones (excluding diaryl/α,β-unsaturated/α-hetero) is 1. The second-order valence-electron chi connectivity index (χ2n) is 4.47. The minimum Gasteiger partial charge on any atom is -0.324 e. The lowest BCUT2D eigenvalue weighted by Crippen LogP contribution is -2.23. The van der Waals surface area contributed by atoms with Crippen molar-refractivity contribution in [1.29, 1.82) is 0 Å². The molecule has 1 saturated carbocycles. The fourth-order valence-electron chi connectivity index (χ4n) is 2.19. The monoisotopic (exact) mass is 234 g/mol. The van der Waals surface area contributed by atoms with Crippen LogP contribution in [0.3, 0.4) is 0 Å². The molecule has 15 heavy (non-hydrogen) atoms. The summed E-state index contributed by atoms with van der Waals surface area (Å²) in [6, 6.07) is 0. The summed E-state index contributed by atoms with van der Waals surface area (Å²) >= 11 is 0. The summed E-state index contributed by atoms with van der Waals surface area (Å²) in [5.41, 5.74) is 5.16. The smallest absolute Gasteiger partial charge is 0.275 e. The molecule has 5 heteroatoms. The van der Waals surface area contributed by atoms with Gasteiger partial charge in [-0.3, -0.25) is 4.79 Å². The van der Waals surface area contributed by atoms with Gasteiger partial charge in [0.15, 0.2) is 11.9 Å². The van der Waals surface area contributed by atoms with Crippen LogP contribution in [0.25, 0.3) is 0 Å². The number of nitrogens with two attached hydrogens (primary N) is 1. The molecule has 88 valence electrons. The quantitative estimate of drug-likeness (QED) is 0.618. The van der Waals surface area contributed by atoms with Crippen LogP contribution in [0.1, 0.15) is 32.1 Å². The zero-order chi connectivity index (χ0) is 11.3. The van der Waals surface area contributed by atoms with E-state index in [1.165, 1.54) is 19.3 Å². The molecule has 0 aromatic rings. The number of carbonyl (C=O) groups is 1. The van der Waals surface area contributed by atoms with Crippen LogP contribution in [-0.4, -0.2) is 34.4 Å². The largest absolute Gasteiger partial charge is 0.324 e. The van der Waals surface area contributed by atoms with E-state index >= 15 is 0 Å². The van der Waals surface area contributed by atoms with Crippen molar-refractivity contribution in [3.63, 3.8) is 0 Å². The molecule has 0 heterocycles. The lowest BCUT2D eigenvalue weighted by molar-refractivity contribution is -0.115. The highest BCUT2D eigenvalue weighted by Crippen LogP contribution is 2.52. The van der Waals surface area contributed by atoms with Gasteiger partial charge in [0.1, 0.15) is 6.16 Å². The number of rotatable bonds is 5. The highest BCUT2D eigenvalue weighted by atomic mass is 31.2. The van der Waals surface area contributed by atoms with Crippen LogP contribution < -0.4 is 5.73 Å². The first kappa shape index (κ1) is 13.0. The van der Waals surface area contributed by atoms with Crippen molar-refractivity contribution in [2.24, 2.45) is 11.7 Å². The van der Waals surface area contributed by atoms with Crippen LogP contribution in [0.2, 0.25) is 0 Å². The maximum Gasteiger partial charge on any atom is 0.275 e. The third-order valence-corrected chi connectivity index (χ3v) is 4.89. The molecule has 0 bridgehead atoms. The van der Waals surface area contributed by atoms with E-state index in [0.717, 1.165) is 12.8 Å². The molecule has 0 spiro atoms. The van der Waals surface area contributed by atoms with E-state index in [0.29, 0.717) is 12.1 Å². The summed E-state index contributed by atoms with van der Waals surface area (Å²) in [5, 5.41) is 0. The fourth-order valence-corrected chi connectivity index (χ4v) is 4.21. The number of ketones is 1. The molecule has 0 aliphatic heterocycles. The summed E-state index contributed by atoms with van der Waals surface area (Å²) < 4.78 is 0. The first-order valence-corrected chi connectivity index (χ1v) is 7.64. The van der Waals surface area contributed by atoms with Gasteiger partial charge < -0.3 is 5.73 Å². The normalized spacial score (nSPS) is 19.1. The van der Waals surface area contributed by atoms with Gasteiger partial charge in [0, 0.05) is 0 Å². The Morgan fingerprint density at radius 3 is 2.40 bits per heavy atom. The third kappa shape index (κ3) is 5.03. The second-order valence-corrected chi connectivity index (χ2v) is 6.91. The molecule has 0 amide bonds. The third-order valence-electron chi connectivity index (χ3n) is 2.93. The minimum absolute atomic E-state index is 0.0897. The van der Waals surface area contributed by atoms with Gasteiger partial charge in [-0.05, 0) is 18.8 Å². The predicted molar refractivity (Wildman–Crippen MR) is 61.7 cm³/mol. The van der Waals surface area contributed by atoms with Crippen molar-refractivity contribution < 1.29 is 14.6 Å². The summed E-state index contributed by atoms with van der Waals surface area (Å²) in [4.78, 5) is 30.6. The Hall–Kier alpha value is -0.0200. The van der Waals surface area contributed by atoms with E-state index < -0.39 is 7.72 Å². The number of carbonyl (C=O) groups excluding carboxylic acids is 1. The van der Waals surface area contributed by atoms with E-state index in [4.69, 9.17) is 5.73 Å². The Morgan fingerprint density at radius 1 is 1.27 bits per heavy atom. The van der Waals surface area contributed by atoms with Crippen molar-refractivity contribution >= 4 is 13.5 Å². The van der Waals surface area contributed by atoms with Gasteiger partial charge in [-0.2, -0.15) is 0 Å². The van der Waals surface area contributed by atoms with E-state index in [1.807, 2.05) is 0 Å². The number of hydrogen-bond acceptors (Lipinski definition) is 4. The molecule has 1 aliphatic rings. The van der Waals surface area contributed by atoms with Crippen LogP contribution in [-0.2, 0) is 4.79 Å². The number of hydrogen-bond donors (Lipinski definition) is 3. The van der Waals surface area contributed by atoms with E-state index in [-0.39, 0.29) is 18.5 Å².